The summed E-state index contributed by atoms with van der Waals surface area (Å²) in [6.45, 7) is 5.87. The van der Waals surface area contributed by atoms with Gasteiger partial charge in [-0.25, -0.2) is 23.7 Å². The summed E-state index contributed by atoms with van der Waals surface area (Å²) in [4.78, 5) is 29.3. The zero-order valence-corrected chi connectivity index (χ0v) is 21.8. The van der Waals surface area contributed by atoms with Gasteiger partial charge in [0.1, 0.15) is 35.6 Å². The second-order valence-corrected chi connectivity index (χ2v) is 10.4. The predicted octanol–water partition coefficient (Wildman–Crippen LogP) is 4.15. The molecule has 4 aromatic rings. The molecule has 9 nitrogen and oxygen atoms in total. The molecule has 6 rings (SSSR count). The van der Waals surface area contributed by atoms with Crippen molar-refractivity contribution >= 4 is 23.2 Å². The third-order valence-electron chi connectivity index (χ3n) is 7.61. The van der Waals surface area contributed by atoms with Crippen LogP contribution in [0.5, 0.6) is 5.75 Å². The van der Waals surface area contributed by atoms with E-state index in [1.807, 2.05) is 20.8 Å². The number of nitrogens with one attached hydrogen (secondary N) is 1. The zero-order valence-electron chi connectivity index (χ0n) is 21.8. The number of carbonyl (C=O) groups excluding carboxylic acids is 1. The number of aromatic nitrogens is 4. The van der Waals surface area contributed by atoms with Gasteiger partial charge >= 0.3 is 0 Å². The van der Waals surface area contributed by atoms with Crippen molar-refractivity contribution in [3.8, 4) is 17.3 Å². The second-order valence-electron chi connectivity index (χ2n) is 10.4. The van der Waals surface area contributed by atoms with E-state index in [0.717, 1.165) is 12.8 Å². The summed E-state index contributed by atoms with van der Waals surface area (Å²) in [5.74, 6) is 0.203. The molecule has 0 unspecified atom stereocenters. The summed E-state index contributed by atoms with van der Waals surface area (Å²) in [5.41, 5.74) is 1.33. The molecule has 0 aliphatic carbocycles. The fraction of sp³-hybridized carbons (Fsp3) is 0.357. The van der Waals surface area contributed by atoms with Gasteiger partial charge in [-0.05, 0) is 57.9 Å². The number of imidazole rings is 1. The fourth-order valence-corrected chi connectivity index (χ4v) is 5.47. The van der Waals surface area contributed by atoms with E-state index in [9.17, 15) is 18.7 Å². The quantitative estimate of drug-likeness (QED) is 0.383. The monoisotopic (exact) mass is 534 g/mol. The maximum atomic E-state index is 14.2. The highest BCUT2D eigenvalue weighted by Gasteiger charge is 2.45. The Labute approximate surface area is 223 Å². The van der Waals surface area contributed by atoms with Crippen molar-refractivity contribution in [1.82, 2.24) is 19.4 Å². The van der Waals surface area contributed by atoms with Crippen LogP contribution >= 0.6 is 0 Å². The van der Waals surface area contributed by atoms with Gasteiger partial charge in [0.05, 0.1) is 34.9 Å². The third-order valence-corrected chi connectivity index (χ3v) is 7.61. The number of aliphatic hydroxyl groups excluding tert-OH is 1. The summed E-state index contributed by atoms with van der Waals surface area (Å²) in [6.07, 6.45) is 3.51. The van der Waals surface area contributed by atoms with Gasteiger partial charge in [-0.3, -0.25) is 9.20 Å². The van der Waals surface area contributed by atoms with Gasteiger partial charge in [-0.1, -0.05) is 6.07 Å². The van der Waals surface area contributed by atoms with E-state index in [2.05, 4.69) is 15.2 Å². The predicted molar refractivity (Wildman–Crippen MR) is 141 cm³/mol. The maximum absolute atomic E-state index is 14.2. The molecule has 11 heteroatoms. The number of rotatable bonds is 6. The number of aryl methyl sites for hydroxylation is 1. The van der Waals surface area contributed by atoms with Crippen LogP contribution in [-0.2, 0) is 16.8 Å². The molecule has 39 heavy (non-hydrogen) atoms. The largest absolute Gasteiger partial charge is 0.485 e. The standard InChI is InChI=1S/C28H28F2N6O3/c1-15-22(36-12-6-10-20(25(36)31-15)39-14-17-18(29)8-4-9-19(17)30)24-32-23-21(28(2,3)27(38)34-23)26(33-24)35-11-5-7-16(35)13-37/h4,6,8-10,12,16,37H,5,7,11,13-14H2,1-3H3,(H,32,33,34,38)/t16-/m0/s1. The summed E-state index contributed by atoms with van der Waals surface area (Å²) < 4.78 is 35.9. The fourth-order valence-electron chi connectivity index (χ4n) is 5.47. The van der Waals surface area contributed by atoms with Crippen molar-refractivity contribution in [2.45, 2.75) is 51.7 Å². The van der Waals surface area contributed by atoms with Gasteiger partial charge in [0.15, 0.2) is 17.2 Å². The Morgan fingerprint density at radius 2 is 1.92 bits per heavy atom. The lowest BCUT2D eigenvalue weighted by atomic mass is 9.86. The highest BCUT2D eigenvalue weighted by molar-refractivity contribution is 6.06. The van der Waals surface area contributed by atoms with E-state index >= 15 is 0 Å². The SMILES string of the molecule is Cc1nc2c(OCc3c(F)cccc3F)cccn2c1-c1nc2c(c(N3CCC[C@H]3CO)n1)C(C)(C)C(=O)N2. The number of anilines is 2. The highest BCUT2D eigenvalue weighted by Crippen LogP contribution is 2.44. The Balaban J connectivity index is 1.46. The normalized spacial score (nSPS) is 18.1. The minimum absolute atomic E-state index is 0.0200. The van der Waals surface area contributed by atoms with Crippen LogP contribution in [-0.4, -0.2) is 49.6 Å². The second kappa shape index (κ2) is 9.26. The molecule has 5 heterocycles. The molecule has 0 spiro atoms. The zero-order chi connectivity index (χ0) is 27.5. The number of hydrogen-bond acceptors (Lipinski definition) is 7. The summed E-state index contributed by atoms with van der Waals surface area (Å²) in [6, 6.07) is 6.99. The first kappa shape index (κ1) is 25.2. The number of hydrogen-bond donors (Lipinski definition) is 2. The van der Waals surface area contributed by atoms with Crippen LogP contribution in [0.25, 0.3) is 17.2 Å². The maximum Gasteiger partial charge on any atom is 0.235 e. The van der Waals surface area contributed by atoms with Crippen LogP contribution in [0.3, 0.4) is 0 Å². The summed E-state index contributed by atoms with van der Waals surface area (Å²) in [5, 5.41) is 12.9. The Morgan fingerprint density at radius 1 is 1.15 bits per heavy atom. The number of halogens is 2. The average molecular weight is 535 g/mol. The molecule has 202 valence electrons. The summed E-state index contributed by atoms with van der Waals surface area (Å²) >= 11 is 0. The molecule has 1 atom stereocenters. The Morgan fingerprint density at radius 3 is 2.67 bits per heavy atom. The van der Waals surface area contributed by atoms with Crippen molar-refractivity contribution in [3.63, 3.8) is 0 Å². The third kappa shape index (κ3) is 3.99. The van der Waals surface area contributed by atoms with Crippen molar-refractivity contribution in [1.29, 1.82) is 0 Å². The number of aliphatic hydroxyl groups is 1. The van der Waals surface area contributed by atoms with Crippen molar-refractivity contribution in [2.24, 2.45) is 0 Å². The number of pyridine rings is 1. The first-order valence-corrected chi connectivity index (χ1v) is 12.9. The van der Waals surface area contributed by atoms with Gasteiger partial charge in [0, 0.05) is 12.7 Å². The number of nitrogens with zero attached hydrogens (tertiary/aromatic N) is 5. The summed E-state index contributed by atoms with van der Waals surface area (Å²) in [7, 11) is 0. The molecule has 0 radical (unpaired) electrons. The molecule has 1 fully saturated rings. The Bertz CT molecular complexity index is 1600. The molecule has 2 N–H and O–H groups in total. The molecular formula is C28H28F2N6O3. The van der Waals surface area contributed by atoms with Crippen LogP contribution in [0.2, 0.25) is 0 Å². The molecule has 2 aliphatic rings. The number of fused-ring (bicyclic) bond motifs is 2. The van der Waals surface area contributed by atoms with E-state index in [4.69, 9.17) is 14.7 Å². The lowest BCUT2D eigenvalue weighted by Crippen LogP contribution is -2.36. The van der Waals surface area contributed by atoms with Crippen LogP contribution < -0.4 is 15.0 Å². The minimum Gasteiger partial charge on any atom is -0.485 e. The lowest BCUT2D eigenvalue weighted by Gasteiger charge is -2.29. The molecule has 1 amide bonds. The number of benzene rings is 1. The van der Waals surface area contributed by atoms with Gasteiger partial charge in [-0.2, -0.15) is 0 Å². The highest BCUT2D eigenvalue weighted by atomic mass is 19.1. The van der Waals surface area contributed by atoms with Crippen LogP contribution in [0.1, 0.15) is 43.5 Å². The molecule has 2 aliphatic heterocycles. The molecule has 3 aromatic heterocycles. The smallest absolute Gasteiger partial charge is 0.235 e. The topological polar surface area (TPSA) is 105 Å². The van der Waals surface area contributed by atoms with Crippen LogP contribution in [0, 0.1) is 18.6 Å². The molecule has 1 aromatic carbocycles. The van der Waals surface area contributed by atoms with E-state index in [1.165, 1.54) is 18.2 Å². The first-order chi connectivity index (χ1) is 18.7. The van der Waals surface area contributed by atoms with Crippen LogP contribution in [0.15, 0.2) is 36.5 Å². The number of ether oxygens (including phenoxy) is 1. The Kier molecular flexibility index (Phi) is 5.98. The minimum atomic E-state index is -0.844. The molecule has 1 saturated heterocycles. The van der Waals surface area contributed by atoms with Crippen molar-refractivity contribution in [3.05, 3.63) is 65.0 Å². The van der Waals surface area contributed by atoms with E-state index in [-0.39, 0.29) is 30.7 Å². The molecular weight excluding hydrogens is 506 g/mol. The van der Waals surface area contributed by atoms with E-state index in [0.29, 0.717) is 52.4 Å². The molecule has 0 saturated carbocycles. The average Bonchev–Trinajstić information content (AvgIpc) is 3.57. The number of carbonyl (C=O) groups is 1. The molecule has 0 bridgehead atoms. The van der Waals surface area contributed by atoms with Crippen LogP contribution in [0.4, 0.5) is 20.4 Å². The first-order valence-electron chi connectivity index (χ1n) is 12.9. The van der Waals surface area contributed by atoms with Crippen molar-refractivity contribution in [2.75, 3.05) is 23.4 Å². The van der Waals surface area contributed by atoms with Gasteiger partial charge in [0.25, 0.3) is 0 Å². The van der Waals surface area contributed by atoms with Gasteiger partial charge < -0.3 is 20.1 Å². The lowest BCUT2D eigenvalue weighted by molar-refractivity contribution is -0.119. The van der Waals surface area contributed by atoms with Crippen molar-refractivity contribution < 1.29 is 23.4 Å². The van der Waals surface area contributed by atoms with E-state index in [1.54, 1.807) is 22.7 Å². The van der Waals surface area contributed by atoms with E-state index < -0.39 is 17.0 Å². The van der Waals surface area contributed by atoms with Gasteiger partial charge in [0.2, 0.25) is 5.91 Å². The van der Waals surface area contributed by atoms with Gasteiger partial charge in [-0.15, -0.1) is 0 Å². The number of amides is 1. The Hall–Kier alpha value is -4.12.